The maximum Gasteiger partial charge on any atom is 0.309 e. The molecule has 0 rings (SSSR count). The van der Waals surface area contributed by atoms with E-state index in [4.69, 9.17) is 14.6 Å². The average Bonchev–Trinajstić information content (AvgIpc) is 2.52. The highest BCUT2D eigenvalue weighted by atomic mass is 16.6. The van der Waals surface area contributed by atoms with Crippen LogP contribution in [0.4, 0.5) is 0 Å². The number of esters is 2. The van der Waals surface area contributed by atoms with E-state index < -0.39 is 11.9 Å². The van der Waals surface area contributed by atoms with Crippen LogP contribution in [0.5, 0.6) is 0 Å². The maximum atomic E-state index is 12.0. The number of aliphatic carboxylic acids is 1. The predicted octanol–water partition coefficient (Wildman–Crippen LogP) is 3.32. The number of ether oxygens (including phenoxy) is 2. The van der Waals surface area contributed by atoms with E-state index in [0.717, 1.165) is 38.5 Å². The van der Waals surface area contributed by atoms with Crippen molar-refractivity contribution in [2.45, 2.75) is 71.6 Å². The van der Waals surface area contributed by atoms with Gasteiger partial charge in [0.25, 0.3) is 0 Å². The molecule has 0 aromatic rings. The summed E-state index contributed by atoms with van der Waals surface area (Å²) in [5.74, 6) is -1.95. The van der Waals surface area contributed by atoms with Crippen LogP contribution in [0.1, 0.15) is 71.6 Å². The van der Waals surface area contributed by atoms with Crippen molar-refractivity contribution in [1.29, 1.82) is 0 Å². The summed E-state index contributed by atoms with van der Waals surface area (Å²) in [4.78, 5) is 33.5. The third kappa shape index (κ3) is 12.6. The molecule has 23 heavy (non-hydrogen) atoms. The van der Waals surface area contributed by atoms with Gasteiger partial charge in [-0.3, -0.25) is 14.4 Å². The lowest BCUT2D eigenvalue weighted by molar-refractivity contribution is -0.156. The number of rotatable bonds is 14. The second kappa shape index (κ2) is 14.0. The molecular weight excluding hydrogens is 300 g/mol. The van der Waals surface area contributed by atoms with Crippen LogP contribution < -0.4 is 0 Å². The molecule has 0 bridgehead atoms. The van der Waals surface area contributed by atoms with Crippen LogP contribution in [0.2, 0.25) is 0 Å². The number of hydrogen-bond acceptors (Lipinski definition) is 5. The van der Waals surface area contributed by atoms with E-state index in [1.807, 2.05) is 6.92 Å². The Morgan fingerprint density at radius 1 is 0.870 bits per heavy atom. The molecule has 134 valence electrons. The van der Waals surface area contributed by atoms with Crippen molar-refractivity contribution in [2.75, 3.05) is 13.2 Å². The summed E-state index contributed by atoms with van der Waals surface area (Å²) in [6.07, 6.45) is 6.65. The predicted molar refractivity (Wildman–Crippen MR) is 85.9 cm³/mol. The van der Waals surface area contributed by atoms with E-state index >= 15 is 0 Å². The number of carboxylic acid groups (broad SMARTS) is 1. The molecule has 0 saturated carbocycles. The highest BCUT2D eigenvalue weighted by Gasteiger charge is 2.18. The van der Waals surface area contributed by atoms with Crippen LogP contribution in [-0.2, 0) is 23.9 Å². The normalized spacial score (nSPS) is 11.7. The van der Waals surface area contributed by atoms with Crippen LogP contribution >= 0.6 is 0 Å². The largest absolute Gasteiger partial charge is 0.481 e. The number of hydrogen-bond donors (Lipinski definition) is 1. The molecule has 6 heteroatoms. The van der Waals surface area contributed by atoms with Gasteiger partial charge in [0.15, 0.2) is 0 Å². The molecule has 0 aromatic carbocycles. The lowest BCUT2D eigenvalue weighted by Gasteiger charge is -2.15. The monoisotopic (exact) mass is 330 g/mol. The van der Waals surface area contributed by atoms with E-state index in [1.165, 1.54) is 6.42 Å². The minimum absolute atomic E-state index is 0.0207. The molecule has 0 fully saturated rings. The number of unbranched alkanes of at least 4 members (excludes halogenated alkanes) is 3. The molecule has 0 amide bonds. The second-order valence-electron chi connectivity index (χ2n) is 5.62. The zero-order chi connectivity index (χ0) is 17.5. The van der Waals surface area contributed by atoms with Gasteiger partial charge in [-0.25, -0.2) is 0 Å². The molecule has 0 radical (unpaired) electrons. The summed E-state index contributed by atoms with van der Waals surface area (Å²) < 4.78 is 9.97. The molecule has 1 atom stereocenters. The van der Waals surface area contributed by atoms with E-state index in [-0.39, 0.29) is 37.9 Å². The zero-order valence-electron chi connectivity index (χ0n) is 14.3. The summed E-state index contributed by atoms with van der Waals surface area (Å²) in [6, 6.07) is 0. The molecule has 0 heterocycles. The Bertz CT molecular complexity index is 353. The standard InChI is InChI=1S/C17H30O6/c1-3-5-6-7-9-14(8-4-2)17(21)23-13-12-22-16(20)11-10-15(18)19/h14H,3-13H2,1-2H3,(H,18,19)/t14-/m1/s1. The smallest absolute Gasteiger partial charge is 0.309 e. The first kappa shape index (κ1) is 21.4. The number of carboxylic acids is 1. The van der Waals surface area contributed by atoms with Crippen molar-refractivity contribution in [3.8, 4) is 0 Å². The Morgan fingerprint density at radius 3 is 2.17 bits per heavy atom. The summed E-state index contributed by atoms with van der Waals surface area (Å²) in [6.45, 7) is 4.18. The summed E-state index contributed by atoms with van der Waals surface area (Å²) in [7, 11) is 0. The van der Waals surface area contributed by atoms with Crippen LogP contribution in [0, 0.1) is 5.92 Å². The minimum atomic E-state index is -1.04. The molecule has 0 aromatic heterocycles. The fourth-order valence-corrected chi connectivity index (χ4v) is 2.24. The highest BCUT2D eigenvalue weighted by Crippen LogP contribution is 2.17. The van der Waals surface area contributed by atoms with Crippen LogP contribution in [-0.4, -0.2) is 36.2 Å². The van der Waals surface area contributed by atoms with Crippen molar-refractivity contribution in [3.05, 3.63) is 0 Å². The van der Waals surface area contributed by atoms with E-state index in [2.05, 4.69) is 6.92 Å². The Labute approximate surface area is 138 Å². The topological polar surface area (TPSA) is 89.9 Å². The molecule has 0 saturated heterocycles. The minimum Gasteiger partial charge on any atom is -0.481 e. The van der Waals surface area contributed by atoms with Crippen LogP contribution in [0.25, 0.3) is 0 Å². The van der Waals surface area contributed by atoms with Gasteiger partial charge in [-0.1, -0.05) is 46.0 Å². The highest BCUT2D eigenvalue weighted by molar-refractivity contribution is 5.76. The van der Waals surface area contributed by atoms with Gasteiger partial charge in [-0.15, -0.1) is 0 Å². The molecule has 0 aliphatic heterocycles. The van der Waals surface area contributed by atoms with Crippen molar-refractivity contribution in [3.63, 3.8) is 0 Å². The molecule has 0 aliphatic rings. The first-order chi connectivity index (χ1) is 11.0. The summed E-state index contributed by atoms with van der Waals surface area (Å²) in [5, 5.41) is 8.45. The molecule has 1 N–H and O–H groups in total. The first-order valence-corrected chi connectivity index (χ1v) is 8.55. The Balaban J connectivity index is 3.89. The van der Waals surface area contributed by atoms with Gasteiger partial charge in [-0.2, -0.15) is 0 Å². The molecule has 0 spiro atoms. The SMILES string of the molecule is CCCCCC[C@@H](CCC)C(=O)OCCOC(=O)CCC(=O)O. The van der Waals surface area contributed by atoms with E-state index in [1.54, 1.807) is 0 Å². The fourth-order valence-electron chi connectivity index (χ4n) is 2.24. The maximum absolute atomic E-state index is 12.0. The number of carbonyl (C=O) groups is 3. The van der Waals surface area contributed by atoms with Crippen molar-refractivity contribution in [2.24, 2.45) is 5.92 Å². The fraction of sp³-hybridized carbons (Fsp3) is 0.824. The van der Waals surface area contributed by atoms with Gasteiger partial charge >= 0.3 is 17.9 Å². The quantitative estimate of drug-likeness (QED) is 0.388. The van der Waals surface area contributed by atoms with Crippen molar-refractivity contribution < 1.29 is 29.0 Å². The van der Waals surface area contributed by atoms with Crippen molar-refractivity contribution in [1.82, 2.24) is 0 Å². The Kier molecular flexibility index (Phi) is 13.1. The first-order valence-electron chi connectivity index (χ1n) is 8.55. The Morgan fingerprint density at radius 2 is 1.57 bits per heavy atom. The molecule has 0 aliphatic carbocycles. The van der Waals surface area contributed by atoms with Crippen molar-refractivity contribution >= 4 is 17.9 Å². The van der Waals surface area contributed by atoms with Gasteiger partial charge in [0.1, 0.15) is 13.2 Å². The van der Waals surface area contributed by atoms with E-state index in [0.29, 0.717) is 0 Å². The molecule has 0 unspecified atom stereocenters. The number of carbonyl (C=O) groups excluding carboxylic acids is 2. The average molecular weight is 330 g/mol. The summed E-state index contributed by atoms with van der Waals surface area (Å²) >= 11 is 0. The second-order valence-corrected chi connectivity index (χ2v) is 5.62. The molecule has 6 nitrogen and oxygen atoms in total. The third-order valence-electron chi connectivity index (χ3n) is 3.51. The van der Waals surface area contributed by atoms with Gasteiger partial charge in [0, 0.05) is 0 Å². The molecular formula is C17H30O6. The van der Waals surface area contributed by atoms with Gasteiger partial charge in [0.05, 0.1) is 18.8 Å². The van der Waals surface area contributed by atoms with Gasteiger partial charge in [0.2, 0.25) is 0 Å². The zero-order valence-corrected chi connectivity index (χ0v) is 14.3. The van der Waals surface area contributed by atoms with E-state index in [9.17, 15) is 14.4 Å². The summed E-state index contributed by atoms with van der Waals surface area (Å²) in [5.41, 5.74) is 0. The van der Waals surface area contributed by atoms with Crippen LogP contribution in [0.15, 0.2) is 0 Å². The van der Waals surface area contributed by atoms with Gasteiger partial charge < -0.3 is 14.6 Å². The lowest BCUT2D eigenvalue weighted by atomic mass is 9.96. The van der Waals surface area contributed by atoms with Gasteiger partial charge in [-0.05, 0) is 12.8 Å². The third-order valence-corrected chi connectivity index (χ3v) is 3.51. The van der Waals surface area contributed by atoms with Crippen LogP contribution in [0.3, 0.4) is 0 Å². The Hall–Kier alpha value is -1.59. The lowest BCUT2D eigenvalue weighted by Crippen LogP contribution is -2.21.